The van der Waals surface area contributed by atoms with E-state index in [2.05, 4.69) is 15.9 Å². The van der Waals surface area contributed by atoms with Gasteiger partial charge in [-0.25, -0.2) is 9.18 Å². The van der Waals surface area contributed by atoms with Crippen LogP contribution in [0.4, 0.5) is 10.1 Å². The summed E-state index contributed by atoms with van der Waals surface area (Å²) in [6.45, 7) is -0.0617. The summed E-state index contributed by atoms with van der Waals surface area (Å²) in [6.07, 6.45) is 0. The largest absolute Gasteiger partial charge is 0.497 e. The van der Waals surface area contributed by atoms with Crippen LogP contribution in [0.1, 0.15) is 15.9 Å². The van der Waals surface area contributed by atoms with E-state index >= 15 is 0 Å². The zero-order valence-electron chi connectivity index (χ0n) is 11.2. The zero-order valence-corrected chi connectivity index (χ0v) is 12.8. The molecule has 0 spiro atoms. The van der Waals surface area contributed by atoms with Crippen LogP contribution in [0, 0.1) is 5.82 Å². The maximum absolute atomic E-state index is 13.4. The fraction of sp³-hybridized carbons (Fsp3) is 0.133. The second-order valence-corrected chi connectivity index (χ2v) is 5.04. The normalized spacial score (nSPS) is 10.2. The number of hydrogen-bond donors (Lipinski definition) is 1. The third-order valence-electron chi connectivity index (χ3n) is 2.87. The van der Waals surface area contributed by atoms with Crippen molar-refractivity contribution in [2.45, 2.75) is 6.61 Å². The number of nitrogens with two attached hydrogens (primary N) is 1. The van der Waals surface area contributed by atoms with Crippen molar-refractivity contribution in [2.75, 3.05) is 12.8 Å². The van der Waals surface area contributed by atoms with Crippen LogP contribution in [-0.2, 0) is 11.3 Å². The average molecular weight is 354 g/mol. The predicted octanol–water partition coefficient (Wildman–Crippen LogP) is 3.54. The van der Waals surface area contributed by atoms with Gasteiger partial charge in [-0.3, -0.25) is 0 Å². The highest BCUT2D eigenvalue weighted by Gasteiger charge is 2.14. The molecule has 2 aromatic rings. The fourth-order valence-corrected chi connectivity index (χ4v) is 2.10. The van der Waals surface area contributed by atoms with Gasteiger partial charge in [0.05, 0.1) is 17.1 Å². The van der Waals surface area contributed by atoms with Crippen molar-refractivity contribution < 1.29 is 18.7 Å². The lowest BCUT2D eigenvalue weighted by Crippen LogP contribution is -2.09. The Bertz CT molecular complexity index is 676. The Balaban J connectivity index is 2.13. The molecule has 0 saturated carbocycles. The Morgan fingerprint density at radius 3 is 2.81 bits per heavy atom. The Labute approximate surface area is 129 Å². The van der Waals surface area contributed by atoms with Crippen molar-refractivity contribution in [1.82, 2.24) is 0 Å². The van der Waals surface area contributed by atoms with Gasteiger partial charge in [-0.2, -0.15) is 0 Å². The highest BCUT2D eigenvalue weighted by atomic mass is 79.9. The van der Waals surface area contributed by atoms with Crippen LogP contribution in [0.2, 0.25) is 0 Å². The first-order valence-corrected chi connectivity index (χ1v) is 6.85. The first-order valence-electron chi connectivity index (χ1n) is 6.06. The monoisotopic (exact) mass is 353 g/mol. The Morgan fingerprint density at radius 1 is 1.33 bits per heavy atom. The second kappa shape index (κ2) is 6.58. The van der Waals surface area contributed by atoms with Gasteiger partial charge in [-0.1, -0.05) is 12.1 Å². The number of rotatable bonds is 4. The molecule has 0 atom stereocenters. The standard InChI is InChI=1S/C15H13BrFNO3/c1-20-10-5-6-13(18)11(7-10)15(19)21-8-9-3-2-4-12(17)14(9)16/h2-7H,8,18H2,1H3. The molecule has 0 aromatic heterocycles. The lowest BCUT2D eigenvalue weighted by molar-refractivity contribution is 0.0472. The molecule has 0 radical (unpaired) electrons. The number of carbonyl (C=O) groups excluding carboxylic acids is 1. The molecule has 0 fully saturated rings. The number of halogens is 2. The summed E-state index contributed by atoms with van der Waals surface area (Å²) < 4.78 is 23.8. The molecule has 2 N–H and O–H groups in total. The SMILES string of the molecule is COc1ccc(N)c(C(=O)OCc2cccc(F)c2Br)c1. The summed E-state index contributed by atoms with van der Waals surface area (Å²) >= 11 is 3.11. The molecule has 0 aliphatic carbocycles. The lowest BCUT2D eigenvalue weighted by Gasteiger charge is -2.10. The van der Waals surface area contributed by atoms with E-state index in [1.807, 2.05) is 0 Å². The third kappa shape index (κ3) is 3.52. The molecule has 6 heteroatoms. The van der Waals surface area contributed by atoms with Gasteiger partial charge in [-0.15, -0.1) is 0 Å². The van der Waals surface area contributed by atoms with Crippen LogP contribution >= 0.6 is 15.9 Å². The number of anilines is 1. The number of carbonyl (C=O) groups is 1. The fourth-order valence-electron chi connectivity index (χ4n) is 1.72. The topological polar surface area (TPSA) is 61.5 Å². The minimum absolute atomic E-state index is 0.0617. The molecule has 0 heterocycles. The summed E-state index contributed by atoms with van der Waals surface area (Å²) in [6, 6.07) is 9.23. The maximum atomic E-state index is 13.4. The number of esters is 1. The van der Waals surface area contributed by atoms with Crippen LogP contribution < -0.4 is 10.5 Å². The molecular weight excluding hydrogens is 341 g/mol. The Kier molecular flexibility index (Phi) is 4.80. The van der Waals surface area contributed by atoms with Crippen molar-refractivity contribution in [3.8, 4) is 5.75 Å². The Morgan fingerprint density at radius 2 is 2.10 bits per heavy atom. The molecule has 0 bridgehead atoms. The highest BCUT2D eigenvalue weighted by molar-refractivity contribution is 9.10. The van der Waals surface area contributed by atoms with Crippen molar-refractivity contribution in [2.24, 2.45) is 0 Å². The van der Waals surface area contributed by atoms with E-state index in [4.69, 9.17) is 15.2 Å². The van der Waals surface area contributed by atoms with Crippen molar-refractivity contribution in [3.05, 3.63) is 57.8 Å². The van der Waals surface area contributed by atoms with E-state index in [-0.39, 0.29) is 16.6 Å². The smallest absolute Gasteiger partial charge is 0.340 e. The van der Waals surface area contributed by atoms with E-state index in [9.17, 15) is 9.18 Å². The maximum Gasteiger partial charge on any atom is 0.340 e. The molecule has 0 unspecified atom stereocenters. The van der Waals surface area contributed by atoms with Gasteiger partial charge in [0.25, 0.3) is 0 Å². The van der Waals surface area contributed by atoms with Crippen molar-refractivity contribution in [3.63, 3.8) is 0 Å². The first kappa shape index (κ1) is 15.3. The highest BCUT2D eigenvalue weighted by Crippen LogP contribution is 2.23. The summed E-state index contributed by atoms with van der Waals surface area (Å²) in [5.74, 6) is -0.505. The minimum Gasteiger partial charge on any atom is -0.497 e. The Hall–Kier alpha value is -2.08. The number of methoxy groups -OCH3 is 1. The van der Waals surface area contributed by atoms with Crippen LogP contribution in [0.5, 0.6) is 5.75 Å². The second-order valence-electron chi connectivity index (χ2n) is 4.24. The average Bonchev–Trinajstić information content (AvgIpc) is 2.49. The van der Waals surface area contributed by atoms with Crippen LogP contribution in [0.3, 0.4) is 0 Å². The molecule has 4 nitrogen and oxygen atoms in total. The molecule has 0 saturated heterocycles. The van der Waals surface area contributed by atoms with E-state index in [0.717, 1.165) is 0 Å². The summed E-state index contributed by atoms with van der Waals surface area (Å²) in [7, 11) is 1.49. The van der Waals surface area contributed by atoms with E-state index in [1.54, 1.807) is 24.3 Å². The molecule has 110 valence electrons. The molecule has 0 aliphatic heterocycles. The number of benzene rings is 2. The first-order chi connectivity index (χ1) is 10.0. The van der Waals surface area contributed by atoms with Gasteiger partial charge in [-0.05, 0) is 40.2 Å². The molecule has 2 aromatic carbocycles. The van der Waals surface area contributed by atoms with Crippen molar-refractivity contribution in [1.29, 1.82) is 0 Å². The molecule has 0 amide bonds. The van der Waals surface area contributed by atoms with Crippen LogP contribution in [-0.4, -0.2) is 13.1 Å². The minimum atomic E-state index is -0.595. The summed E-state index contributed by atoms with van der Waals surface area (Å²) in [4.78, 5) is 12.0. The van der Waals surface area contributed by atoms with Gasteiger partial charge in [0.2, 0.25) is 0 Å². The summed E-state index contributed by atoms with van der Waals surface area (Å²) in [5.41, 5.74) is 6.78. The van der Waals surface area contributed by atoms with Gasteiger partial charge < -0.3 is 15.2 Å². The van der Waals surface area contributed by atoms with Gasteiger partial charge >= 0.3 is 5.97 Å². The van der Waals surface area contributed by atoms with Gasteiger partial charge in [0, 0.05) is 11.3 Å². The number of hydrogen-bond acceptors (Lipinski definition) is 4. The van der Waals surface area contributed by atoms with Crippen LogP contribution in [0.25, 0.3) is 0 Å². The van der Waals surface area contributed by atoms with Gasteiger partial charge in [0.15, 0.2) is 0 Å². The lowest BCUT2D eigenvalue weighted by atomic mass is 10.1. The molecule has 21 heavy (non-hydrogen) atoms. The van der Waals surface area contributed by atoms with E-state index in [1.165, 1.54) is 19.2 Å². The molecule has 2 rings (SSSR count). The van der Waals surface area contributed by atoms with Crippen LogP contribution in [0.15, 0.2) is 40.9 Å². The zero-order chi connectivity index (χ0) is 15.4. The number of ether oxygens (including phenoxy) is 2. The van der Waals surface area contributed by atoms with E-state index < -0.39 is 11.8 Å². The summed E-state index contributed by atoms with van der Waals surface area (Å²) in [5, 5.41) is 0. The van der Waals surface area contributed by atoms with E-state index in [0.29, 0.717) is 17.0 Å². The molecule has 0 aliphatic rings. The predicted molar refractivity (Wildman–Crippen MR) is 80.6 cm³/mol. The van der Waals surface area contributed by atoms with Gasteiger partial charge in [0.1, 0.15) is 18.2 Å². The quantitative estimate of drug-likeness (QED) is 0.674. The number of nitrogen functional groups attached to an aromatic ring is 1. The van der Waals surface area contributed by atoms with Crippen molar-refractivity contribution >= 4 is 27.6 Å². The third-order valence-corrected chi connectivity index (χ3v) is 3.76. The molecular formula is C15H13BrFNO3.